The molecule has 2 atom stereocenters. The standard InChI is InChI=1S/C33H32Cl3F2N7O2/c1-7-21(46)44-11-10-43(14-17(44)5)31-18-12-20(34)28(22-23(35)26(38)24(36)27(40)25(22)37)41-32(18)45(33(47)19(31)13-39)30-16(4)8-9-42(6)29(30)15(2)3/h7-9,12,15,17,29H,1,10-11,14,40H2,2-6H3/t17-,29?/m1/s1. The molecular formula is C33H32Cl3F2N7O2. The fourth-order valence-corrected chi connectivity index (χ4v) is 7.23. The second-order valence-electron chi connectivity index (χ2n) is 12.0. The first-order valence-corrected chi connectivity index (χ1v) is 15.9. The van der Waals surface area contributed by atoms with Gasteiger partial charge in [0.1, 0.15) is 22.3 Å². The van der Waals surface area contributed by atoms with Gasteiger partial charge in [-0.2, -0.15) is 5.26 Å². The first-order chi connectivity index (χ1) is 22.2. The number of aromatic nitrogens is 2. The molecule has 246 valence electrons. The van der Waals surface area contributed by atoms with Gasteiger partial charge in [-0.15, -0.1) is 0 Å². The molecule has 3 aromatic rings. The van der Waals surface area contributed by atoms with E-state index >= 15 is 8.78 Å². The number of amides is 1. The van der Waals surface area contributed by atoms with E-state index in [0.29, 0.717) is 17.6 Å². The molecule has 1 amide bonds. The number of allylic oxidation sites excluding steroid dienone is 2. The largest absolute Gasteiger partial charge is 0.395 e. The third-order valence-corrected chi connectivity index (χ3v) is 9.69. The highest BCUT2D eigenvalue weighted by Gasteiger charge is 2.35. The summed E-state index contributed by atoms with van der Waals surface area (Å²) in [7, 11) is 1.87. The van der Waals surface area contributed by atoms with Crippen molar-refractivity contribution in [2.45, 2.75) is 39.8 Å². The molecule has 0 radical (unpaired) electrons. The minimum atomic E-state index is -1.16. The Hall–Kier alpha value is -4.11. The van der Waals surface area contributed by atoms with Crippen LogP contribution in [-0.2, 0) is 4.79 Å². The maximum atomic E-state index is 15.7. The SMILES string of the molecule is C=CC(=O)N1CCN(c2c(C#N)c(=O)n(C3=C(C)C=CN(C)C3C(C)C)c3nc(-c4c(F)c(N)c(Cl)c(F)c4Cl)c(Cl)cc23)C[C@H]1C. The first kappa shape index (κ1) is 34.2. The summed E-state index contributed by atoms with van der Waals surface area (Å²) in [5, 5.41) is 9.30. The number of nitrogens with zero attached hydrogens (tertiary/aromatic N) is 6. The number of carbonyl (C=O) groups excluding carboxylic acids is 1. The van der Waals surface area contributed by atoms with Crippen molar-refractivity contribution < 1.29 is 13.6 Å². The number of halogens is 5. The lowest BCUT2D eigenvalue weighted by atomic mass is 9.93. The van der Waals surface area contributed by atoms with Gasteiger partial charge in [0.25, 0.3) is 5.56 Å². The number of rotatable bonds is 5. The molecule has 0 spiro atoms. The lowest BCUT2D eigenvalue weighted by Gasteiger charge is -2.41. The molecule has 2 aliphatic rings. The van der Waals surface area contributed by atoms with Crippen LogP contribution in [0.5, 0.6) is 0 Å². The van der Waals surface area contributed by atoms with Crippen molar-refractivity contribution in [3.63, 3.8) is 0 Å². The van der Waals surface area contributed by atoms with Crippen molar-refractivity contribution in [1.82, 2.24) is 19.4 Å². The van der Waals surface area contributed by atoms with Crippen molar-refractivity contribution in [3.8, 4) is 17.3 Å². The Morgan fingerprint density at radius 3 is 2.49 bits per heavy atom. The Kier molecular flexibility index (Phi) is 9.34. The molecule has 1 unspecified atom stereocenters. The van der Waals surface area contributed by atoms with Crippen LogP contribution in [0.4, 0.5) is 20.2 Å². The van der Waals surface area contributed by atoms with Crippen molar-refractivity contribution >= 4 is 68.8 Å². The van der Waals surface area contributed by atoms with Gasteiger partial charge in [-0.1, -0.05) is 55.2 Å². The van der Waals surface area contributed by atoms with Gasteiger partial charge in [0.2, 0.25) is 5.91 Å². The highest BCUT2D eigenvalue weighted by molar-refractivity contribution is 6.39. The predicted octanol–water partition coefficient (Wildman–Crippen LogP) is 6.69. The van der Waals surface area contributed by atoms with Crippen LogP contribution >= 0.6 is 34.8 Å². The number of pyridine rings is 2. The zero-order valence-electron chi connectivity index (χ0n) is 26.3. The summed E-state index contributed by atoms with van der Waals surface area (Å²) in [6.45, 7) is 12.1. The van der Waals surface area contributed by atoms with Crippen LogP contribution in [0.2, 0.25) is 15.1 Å². The fourth-order valence-electron chi connectivity index (χ4n) is 6.49. The van der Waals surface area contributed by atoms with E-state index in [4.69, 9.17) is 45.5 Å². The number of fused-ring (bicyclic) bond motifs is 1. The Labute approximate surface area is 285 Å². The van der Waals surface area contributed by atoms with E-state index in [1.165, 1.54) is 16.7 Å². The summed E-state index contributed by atoms with van der Waals surface area (Å²) in [5.74, 6) is -2.54. The minimum absolute atomic E-state index is 0.0118. The molecule has 2 N–H and O–H groups in total. The maximum absolute atomic E-state index is 15.7. The fraction of sp³-hybridized carbons (Fsp3) is 0.333. The van der Waals surface area contributed by atoms with E-state index < -0.39 is 38.5 Å². The van der Waals surface area contributed by atoms with Crippen LogP contribution in [0.15, 0.2) is 41.4 Å². The van der Waals surface area contributed by atoms with Crippen LogP contribution in [0.25, 0.3) is 28.0 Å². The van der Waals surface area contributed by atoms with Gasteiger partial charge in [-0.25, -0.2) is 13.8 Å². The molecule has 1 aromatic carbocycles. The number of hydrogen-bond donors (Lipinski definition) is 1. The molecule has 2 aliphatic heterocycles. The molecule has 47 heavy (non-hydrogen) atoms. The summed E-state index contributed by atoms with van der Waals surface area (Å²) < 4.78 is 32.1. The Balaban J connectivity index is 1.92. The number of nitrogen functional groups attached to an aromatic ring is 1. The topological polar surface area (TPSA) is 111 Å². The van der Waals surface area contributed by atoms with Gasteiger partial charge in [0, 0.05) is 38.1 Å². The maximum Gasteiger partial charge on any atom is 0.276 e. The van der Waals surface area contributed by atoms with E-state index in [1.807, 2.05) is 56.8 Å². The van der Waals surface area contributed by atoms with E-state index in [9.17, 15) is 14.9 Å². The second kappa shape index (κ2) is 12.8. The number of hydrogen-bond acceptors (Lipinski definition) is 7. The summed E-state index contributed by atoms with van der Waals surface area (Å²) in [6, 6.07) is 2.93. The van der Waals surface area contributed by atoms with Crippen LogP contribution in [0.1, 0.15) is 33.3 Å². The van der Waals surface area contributed by atoms with Crippen molar-refractivity contribution in [2.75, 3.05) is 37.3 Å². The zero-order valence-corrected chi connectivity index (χ0v) is 28.6. The predicted molar refractivity (Wildman–Crippen MR) is 184 cm³/mol. The van der Waals surface area contributed by atoms with Gasteiger partial charge >= 0.3 is 0 Å². The van der Waals surface area contributed by atoms with Gasteiger partial charge in [0.15, 0.2) is 11.6 Å². The van der Waals surface area contributed by atoms with Gasteiger partial charge in [-0.05, 0) is 49.8 Å². The molecule has 9 nitrogen and oxygen atoms in total. The number of benzene rings is 1. The van der Waals surface area contributed by atoms with Crippen LogP contribution in [-0.4, -0.2) is 64.0 Å². The van der Waals surface area contributed by atoms with E-state index in [1.54, 1.807) is 4.90 Å². The number of piperazine rings is 1. The van der Waals surface area contributed by atoms with E-state index in [2.05, 4.69) is 12.6 Å². The average molecular weight is 703 g/mol. The molecule has 14 heteroatoms. The highest BCUT2D eigenvalue weighted by Crippen LogP contribution is 2.44. The molecule has 4 heterocycles. The van der Waals surface area contributed by atoms with Crippen molar-refractivity contribution in [1.29, 1.82) is 5.26 Å². The number of likely N-dealkylation sites (N-methyl/N-ethyl adjacent to an activating group) is 1. The Morgan fingerprint density at radius 1 is 1.21 bits per heavy atom. The number of carbonyl (C=O) groups is 1. The lowest BCUT2D eigenvalue weighted by Crippen LogP contribution is -2.54. The molecule has 0 aliphatic carbocycles. The van der Waals surface area contributed by atoms with Gasteiger partial charge in [-0.3, -0.25) is 14.2 Å². The molecule has 1 saturated heterocycles. The smallest absolute Gasteiger partial charge is 0.276 e. The lowest BCUT2D eigenvalue weighted by molar-refractivity contribution is -0.128. The monoisotopic (exact) mass is 701 g/mol. The van der Waals surface area contributed by atoms with E-state index in [-0.39, 0.29) is 64.6 Å². The molecule has 5 rings (SSSR count). The number of nitriles is 1. The zero-order chi connectivity index (χ0) is 34.6. The van der Waals surface area contributed by atoms with Gasteiger partial charge in [0.05, 0.1) is 44.4 Å². The third-order valence-electron chi connectivity index (χ3n) is 8.68. The summed E-state index contributed by atoms with van der Waals surface area (Å²) >= 11 is 19.0. The van der Waals surface area contributed by atoms with E-state index in [0.717, 1.165) is 5.57 Å². The van der Waals surface area contributed by atoms with Crippen LogP contribution < -0.4 is 16.2 Å². The first-order valence-electron chi connectivity index (χ1n) is 14.8. The average Bonchev–Trinajstić information content (AvgIpc) is 3.03. The molecular weight excluding hydrogens is 671 g/mol. The Morgan fingerprint density at radius 2 is 1.89 bits per heavy atom. The minimum Gasteiger partial charge on any atom is -0.395 e. The molecule has 0 saturated carbocycles. The van der Waals surface area contributed by atoms with Crippen molar-refractivity contribution in [3.05, 3.63) is 79.2 Å². The van der Waals surface area contributed by atoms with Gasteiger partial charge < -0.3 is 20.4 Å². The highest BCUT2D eigenvalue weighted by atomic mass is 35.5. The molecule has 0 bridgehead atoms. The number of anilines is 2. The number of nitrogens with two attached hydrogens (primary N) is 1. The molecule has 2 aromatic heterocycles. The summed E-state index contributed by atoms with van der Waals surface area (Å²) in [5.41, 5.74) is 5.06. The quantitative estimate of drug-likeness (QED) is 0.136. The second-order valence-corrected chi connectivity index (χ2v) is 13.1. The van der Waals surface area contributed by atoms with Crippen molar-refractivity contribution in [2.24, 2.45) is 5.92 Å². The summed E-state index contributed by atoms with van der Waals surface area (Å²) in [6.07, 6.45) is 4.97. The summed E-state index contributed by atoms with van der Waals surface area (Å²) in [4.78, 5) is 37.2. The molecule has 1 fully saturated rings. The van der Waals surface area contributed by atoms with Crippen LogP contribution in [0, 0.1) is 28.9 Å². The Bertz CT molecular complexity index is 1990. The van der Waals surface area contributed by atoms with Crippen LogP contribution in [0.3, 0.4) is 0 Å². The third kappa shape index (κ3) is 5.52. The normalized spacial score (nSPS) is 18.4.